The zero-order valence-electron chi connectivity index (χ0n) is 48.5. The summed E-state index contributed by atoms with van der Waals surface area (Å²) < 4.78 is 0. The van der Waals surface area contributed by atoms with Crippen LogP contribution in [0.5, 0.6) is 0 Å². The van der Waals surface area contributed by atoms with Crippen molar-refractivity contribution in [3.63, 3.8) is 0 Å². The Hall–Kier alpha value is -4.73. The van der Waals surface area contributed by atoms with Crippen LogP contribution in [0.25, 0.3) is 0 Å². The number of amides is 10. The van der Waals surface area contributed by atoms with Gasteiger partial charge in [-0.15, -0.1) is 0 Å². The predicted molar refractivity (Wildman–Crippen MR) is 284 cm³/mol. The van der Waals surface area contributed by atoms with Gasteiger partial charge in [-0.1, -0.05) is 90.0 Å². The van der Waals surface area contributed by atoms with E-state index in [9.17, 15) is 48.3 Å². The maximum atomic E-state index is 14.5. The van der Waals surface area contributed by atoms with Crippen LogP contribution in [0.2, 0.25) is 0 Å². The quantitative estimate of drug-likeness (QED) is 0.0419. The number of urea groups is 1. The zero-order valence-corrected chi connectivity index (χ0v) is 48.5. The topological polar surface area (TPSA) is 253 Å². The van der Waals surface area contributed by atoms with Gasteiger partial charge < -0.3 is 40.7 Å². The maximum Gasteiger partial charge on any atom is 0.326 e. The summed E-state index contributed by atoms with van der Waals surface area (Å²) in [6.45, 7) is 25.7. The lowest BCUT2D eigenvalue weighted by atomic mass is 9.94. The molecule has 0 aliphatic rings. The van der Waals surface area contributed by atoms with Gasteiger partial charge in [0.2, 0.25) is 47.8 Å². The minimum absolute atomic E-state index is 0.0142. The molecule has 0 aliphatic heterocycles. The van der Waals surface area contributed by atoms with Crippen LogP contribution in [0.4, 0.5) is 4.79 Å². The van der Waals surface area contributed by atoms with Crippen LogP contribution in [-0.4, -0.2) is 199 Å². The van der Waals surface area contributed by atoms with E-state index in [0.717, 1.165) is 4.90 Å². The number of nitrogens with zero attached hydrogens (tertiary/aromatic N) is 6. The summed E-state index contributed by atoms with van der Waals surface area (Å²) in [5.74, 6) is -4.64. The Kier molecular flexibility index (Phi) is 30.4. The second-order valence-electron chi connectivity index (χ2n) is 22.4. The fraction of sp³-hybridized carbons (Fsp3) is 0.827. The Labute approximate surface area is 438 Å². The molecule has 10 amide bonds. The van der Waals surface area contributed by atoms with Crippen molar-refractivity contribution in [2.24, 2.45) is 41.4 Å². The van der Waals surface area contributed by atoms with E-state index in [2.05, 4.69) is 26.6 Å². The van der Waals surface area contributed by atoms with E-state index in [4.69, 9.17) is 0 Å². The molecule has 0 rings (SSSR count). The first-order valence-corrected chi connectivity index (χ1v) is 26.1. The molecule has 0 spiro atoms. The lowest BCUT2D eigenvalue weighted by molar-refractivity contribution is -0.147. The number of aliphatic hydroxyl groups is 1. The molecular formula is C52H99N11O10. The molecule has 21 heteroatoms. The third-order valence-corrected chi connectivity index (χ3v) is 13.4. The number of carbonyl (C=O) groups excluding carboxylic acids is 9. The van der Waals surface area contributed by atoms with E-state index in [1.165, 1.54) is 54.8 Å². The molecule has 9 atom stereocenters. The van der Waals surface area contributed by atoms with Crippen molar-refractivity contribution >= 4 is 53.8 Å². The molecular weight excluding hydrogens is 939 g/mol. The summed E-state index contributed by atoms with van der Waals surface area (Å²) in [6.07, 6.45) is 1.22. The number of imide groups is 2. The minimum atomic E-state index is -1.16. The molecule has 3 unspecified atom stereocenters. The zero-order chi connectivity index (χ0) is 56.9. The van der Waals surface area contributed by atoms with Crippen molar-refractivity contribution in [2.75, 3.05) is 62.5 Å². The van der Waals surface area contributed by atoms with Crippen molar-refractivity contribution in [2.45, 2.75) is 178 Å². The van der Waals surface area contributed by atoms with Crippen molar-refractivity contribution in [3.8, 4) is 0 Å². The number of aliphatic hydroxyl groups excluding tert-OH is 1. The predicted octanol–water partition coefficient (Wildman–Crippen LogP) is 2.52. The highest BCUT2D eigenvalue weighted by Crippen LogP contribution is 2.22. The van der Waals surface area contributed by atoms with Crippen LogP contribution >= 0.6 is 0 Å². The SMILES string of the molecule is CN[C@@H](CC(C)C)C(=O)N(C)C(=O)N(C)C(C(=O)N(C)[C@@H](C[C@H](C)CCO)C(=O)NC(C(=O)N(C)CC(=O)N(C)[C@@H](CC(C)C)C(=O)NC(C(C)C)N(C)[C@@H](CC(C)C)N[C@H](C)C(=O)NC=O)C(C)C)C(C)C. The molecule has 73 heavy (non-hydrogen) atoms. The van der Waals surface area contributed by atoms with Gasteiger partial charge in [-0.2, -0.15) is 0 Å². The second kappa shape index (κ2) is 32.5. The fourth-order valence-electron chi connectivity index (χ4n) is 8.89. The first kappa shape index (κ1) is 68.3. The first-order chi connectivity index (χ1) is 33.7. The monoisotopic (exact) mass is 1040 g/mol. The van der Waals surface area contributed by atoms with Crippen molar-refractivity contribution in [1.82, 2.24) is 56.0 Å². The van der Waals surface area contributed by atoms with Crippen LogP contribution in [0, 0.1) is 41.4 Å². The van der Waals surface area contributed by atoms with Gasteiger partial charge in [0.15, 0.2) is 0 Å². The van der Waals surface area contributed by atoms with Crippen LogP contribution in [0.3, 0.4) is 0 Å². The Balaban J connectivity index is 6.71. The molecule has 0 radical (unpaired) electrons. The van der Waals surface area contributed by atoms with E-state index in [-0.39, 0.29) is 48.8 Å². The number of hydrogen-bond donors (Lipinski definition) is 6. The fourth-order valence-corrected chi connectivity index (χ4v) is 8.89. The van der Waals surface area contributed by atoms with Gasteiger partial charge in [-0.05, 0) is 94.5 Å². The summed E-state index contributed by atoms with van der Waals surface area (Å²) in [5, 5.41) is 24.3. The smallest absolute Gasteiger partial charge is 0.326 e. The normalized spacial score (nSPS) is 15.5. The van der Waals surface area contributed by atoms with Crippen LogP contribution in [-0.2, 0) is 38.4 Å². The van der Waals surface area contributed by atoms with Gasteiger partial charge >= 0.3 is 6.03 Å². The molecule has 0 aromatic heterocycles. The van der Waals surface area contributed by atoms with E-state index in [1.54, 1.807) is 41.7 Å². The van der Waals surface area contributed by atoms with Gasteiger partial charge in [-0.3, -0.25) is 58.8 Å². The molecule has 6 N–H and O–H groups in total. The second-order valence-corrected chi connectivity index (χ2v) is 22.4. The number of likely N-dealkylation sites (N-methyl/N-ethyl adjacent to an activating group) is 6. The minimum Gasteiger partial charge on any atom is -0.396 e. The van der Waals surface area contributed by atoms with E-state index >= 15 is 0 Å². The number of carbonyl (C=O) groups is 9. The molecule has 0 aromatic rings. The molecule has 0 fully saturated rings. The van der Waals surface area contributed by atoms with Crippen LogP contribution in [0.1, 0.15) is 129 Å². The van der Waals surface area contributed by atoms with Gasteiger partial charge in [0, 0.05) is 41.8 Å². The van der Waals surface area contributed by atoms with E-state index < -0.39 is 108 Å². The van der Waals surface area contributed by atoms with E-state index in [1.807, 2.05) is 74.3 Å². The third-order valence-electron chi connectivity index (χ3n) is 13.4. The Bertz CT molecular complexity index is 1800. The highest BCUT2D eigenvalue weighted by molar-refractivity contribution is 5.99. The van der Waals surface area contributed by atoms with Crippen molar-refractivity contribution in [1.29, 1.82) is 0 Å². The summed E-state index contributed by atoms with van der Waals surface area (Å²) in [4.78, 5) is 131. The highest BCUT2D eigenvalue weighted by atomic mass is 16.3. The highest BCUT2D eigenvalue weighted by Gasteiger charge is 2.41. The first-order valence-electron chi connectivity index (χ1n) is 26.1. The molecule has 0 bridgehead atoms. The van der Waals surface area contributed by atoms with Crippen LogP contribution in [0.15, 0.2) is 0 Å². The molecule has 21 nitrogen and oxygen atoms in total. The largest absolute Gasteiger partial charge is 0.396 e. The lowest BCUT2D eigenvalue weighted by Gasteiger charge is -2.41. The average Bonchev–Trinajstić information content (AvgIpc) is 3.29. The van der Waals surface area contributed by atoms with Gasteiger partial charge in [0.25, 0.3) is 0 Å². The molecule has 0 saturated heterocycles. The standard InChI is InChI=1S/C52H99N11O10/c1-30(2)24-38(53-15)49(70)63(21)52(73)62(20)44(34(9)10)51(72)60(18)40(27-36(13)22-23-64)47(68)56-43(33(7)8)50(71)58(16)28-42(66)59(17)39(25-31(3)4)48(69)57-45(35(11)12)61(19)41(26-32(5)6)55-37(14)46(67)54-29-65/h29-41,43-45,53,55,64H,22-28H2,1-21H3,(H,56,68)(H,57,69)(H,54,65,67)/t36-,37-,38+,39+,40+,41+,43?,44?,45?/m1/s1. The van der Waals surface area contributed by atoms with Crippen LogP contribution < -0.4 is 26.6 Å². The Morgan fingerprint density at radius 3 is 1.55 bits per heavy atom. The summed E-state index contributed by atoms with van der Waals surface area (Å²) in [7, 11) is 10.7. The summed E-state index contributed by atoms with van der Waals surface area (Å²) >= 11 is 0. The van der Waals surface area contributed by atoms with Gasteiger partial charge in [0.05, 0.1) is 31.0 Å². The molecule has 0 heterocycles. The average molecular weight is 1040 g/mol. The Morgan fingerprint density at radius 2 is 1.10 bits per heavy atom. The van der Waals surface area contributed by atoms with Gasteiger partial charge in [0.1, 0.15) is 24.2 Å². The summed E-state index contributed by atoms with van der Waals surface area (Å²) in [5.41, 5.74) is 0. The maximum absolute atomic E-state index is 14.5. The van der Waals surface area contributed by atoms with Crippen molar-refractivity contribution < 1.29 is 48.3 Å². The number of rotatable bonds is 32. The molecule has 0 aromatic carbocycles. The lowest BCUT2D eigenvalue weighted by Crippen LogP contribution is -2.62. The van der Waals surface area contributed by atoms with Gasteiger partial charge in [-0.25, -0.2) is 4.79 Å². The molecule has 0 saturated carbocycles. The third kappa shape index (κ3) is 21.6. The number of hydrogen-bond acceptors (Lipinski definition) is 13. The Morgan fingerprint density at radius 1 is 0.575 bits per heavy atom. The number of nitrogens with one attached hydrogen (secondary N) is 5. The summed E-state index contributed by atoms with van der Waals surface area (Å²) in [6, 6.07) is -6.38. The molecule has 422 valence electrons. The van der Waals surface area contributed by atoms with E-state index in [0.29, 0.717) is 32.1 Å². The van der Waals surface area contributed by atoms with Crippen molar-refractivity contribution in [3.05, 3.63) is 0 Å². The molecule has 0 aliphatic carbocycles.